The minimum atomic E-state index is -1.02. The van der Waals surface area contributed by atoms with Crippen LogP contribution in [0.25, 0.3) is 11.0 Å². The van der Waals surface area contributed by atoms with E-state index < -0.39 is 17.5 Å². The molecule has 1 aliphatic heterocycles. The molecule has 1 aromatic heterocycles. The molecule has 3 aromatic rings. The van der Waals surface area contributed by atoms with Gasteiger partial charge in [-0.3, -0.25) is 9.59 Å². The molecule has 2 heterocycles. The molecule has 0 bridgehead atoms. The number of benzene rings is 2. The Morgan fingerprint density at radius 3 is 2.79 bits per heavy atom. The van der Waals surface area contributed by atoms with E-state index in [4.69, 9.17) is 20.8 Å². The SMILES string of the molecule is C[C@@H](OC(=O)c1cc(=O)c2cc(Cl)ccc2o1)C(=O)N1CCc2ccccc21. The molecule has 142 valence electrons. The van der Waals surface area contributed by atoms with Gasteiger partial charge in [0.2, 0.25) is 5.76 Å². The lowest BCUT2D eigenvalue weighted by atomic mass is 10.2. The zero-order valence-corrected chi connectivity index (χ0v) is 15.7. The van der Waals surface area contributed by atoms with Crippen LogP contribution >= 0.6 is 11.6 Å². The monoisotopic (exact) mass is 397 g/mol. The highest BCUT2D eigenvalue weighted by atomic mass is 35.5. The third kappa shape index (κ3) is 3.27. The summed E-state index contributed by atoms with van der Waals surface area (Å²) in [6, 6.07) is 13.2. The summed E-state index contributed by atoms with van der Waals surface area (Å²) in [6.45, 7) is 2.03. The standard InChI is InChI=1S/C21H16ClNO5/c1-12(20(25)23-9-8-13-4-2-3-5-16(13)23)27-21(26)19-11-17(24)15-10-14(22)6-7-18(15)28-19/h2-7,10-12H,8-9H2,1H3/t12-/m1/s1. The molecule has 0 N–H and O–H groups in total. The first kappa shape index (κ1) is 18.3. The number of esters is 1. The number of fused-ring (bicyclic) bond motifs is 2. The second kappa shape index (κ2) is 7.13. The highest BCUT2D eigenvalue weighted by molar-refractivity contribution is 6.31. The van der Waals surface area contributed by atoms with Crippen LogP contribution in [0.5, 0.6) is 0 Å². The number of amides is 1. The van der Waals surface area contributed by atoms with E-state index in [9.17, 15) is 14.4 Å². The summed E-state index contributed by atoms with van der Waals surface area (Å²) in [4.78, 5) is 39.0. The Morgan fingerprint density at radius 2 is 1.96 bits per heavy atom. The fourth-order valence-electron chi connectivity index (χ4n) is 3.28. The Bertz CT molecular complexity index is 1150. The van der Waals surface area contributed by atoms with Gasteiger partial charge in [0.25, 0.3) is 5.91 Å². The molecule has 0 fully saturated rings. The molecule has 0 unspecified atom stereocenters. The van der Waals surface area contributed by atoms with Crippen LogP contribution in [0.15, 0.2) is 57.7 Å². The van der Waals surface area contributed by atoms with Crippen LogP contribution < -0.4 is 10.3 Å². The maximum atomic E-state index is 12.7. The third-order valence-corrected chi connectivity index (χ3v) is 4.91. The highest BCUT2D eigenvalue weighted by Gasteiger charge is 2.30. The molecule has 0 spiro atoms. The molecule has 4 rings (SSSR count). The van der Waals surface area contributed by atoms with E-state index in [1.54, 1.807) is 11.0 Å². The summed E-state index contributed by atoms with van der Waals surface area (Å²) in [7, 11) is 0. The Hall–Kier alpha value is -3.12. The summed E-state index contributed by atoms with van der Waals surface area (Å²) in [6.07, 6.45) is -0.269. The van der Waals surface area contributed by atoms with E-state index in [1.165, 1.54) is 19.1 Å². The molecule has 7 heteroatoms. The van der Waals surface area contributed by atoms with E-state index in [0.29, 0.717) is 11.6 Å². The molecular formula is C21H16ClNO5. The van der Waals surface area contributed by atoms with Gasteiger partial charge in [0.15, 0.2) is 11.5 Å². The lowest BCUT2D eigenvalue weighted by molar-refractivity contribution is -0.126. The molecule has 6 nitrogen and oxygen atoms in total. The van der Waals surface area contributed by atoms with Gasteiger partial charge in [0, 0.05) is 23.3 Å². The molecule has 1 amide bonds. The summed E-state index contributed by atoms with van der Waals surface area (Å²) in [5.74, 6) is -1.46. The Morgan fingerprint density at radius 1 is 1.18 bits per heavy atom. The van der Waals surface area contributed by atoms with Crippen molar-refractivity contribution in [1.29, 1.82) is 0 Å². The number of ether oxygens (including phenoxy) is 1. The first-order chi connectivity index (χ1) is 13.4. The second-order valence-electron chi connectivity index (χ2n) is 6.53. The average Bonchev–Trinajstić information content (AvgIpc) is 3.11. The molecule has 0 aliphatic carbocycles. The second-order valence-corrected chi connectivity index (χ2v) is 6.97. The minimum absolute atomic E-state index is 0.219. The molecule has 0 saturated heterocycles. The zero-order valence-electron chi connectivity index (χ0n) is 15.0. The first-order valence-corrected chi connectivity index (χ1v) is 9.15. The van der Waals surface area contributed by atoms with Crippen molar-refractivity contribution in [3.8, 4) is 0 Å². The minimum Gasteiger partial charge on any atom is -0.449 e. The number of anilines is 1. The van der Waals surface area contributed by atoms with Crippen LogP contribution in [0.1, 0.15) is 23.0 Å². The normalized spacial score (nSPS) is 14.0. The van der Waals surface area contributed by atoms with Gasteiger partial charge in [-0.2, -0.15) is 0 Å². The van der Waals surface area contributed by atoms with Gasteiger partial charge in [-0.25, -0.2) is 4.79 Å². The van der Waals surface area contributed by atoms with Crippen LogP contribution in [0, 0.1) is 0 Å². The van der Waals surface area contributed by atoms with Gasteiger partial charge in [0.05, 0.1) is 5.39 Å². The van der Waals surface area contributed by atoms with Gasteiger partial charge in [-0.05, 0) is 43.2 Å². The highest BCUT2D eigenvalue weighted by Crippen LogP contribution is 2.28. The topological polar surface area (TPSA) is 76.8 Å². The number of carbonyl (C=O) groups excluding carboxylic acids is 2. The number of hydrogen-bond acceptors (Lipinski definition) is 5. The van der Waals surface area contributed by atoms with E-state index in [0.717, 1.165) is 23.7 Å². The van der Waals surface area contributed by atoms with Crippen LogP contribution in [0.2, 0.25) is 5.02 Å². The van der Waals surface area contributed by atoms with Gasteiger partial charge in [-0.1, -0.05) is 29.8 Å². The van der Waals surface area contributed by atoms with Crippen molar-refractivity contribution in [2.45, 2.75) is 19.4 Å². The quantitative estimate of drug-likeness (QED) is 0.631. The number of hydrogen-bond donors (Lipinski definition) is 0. The summed E-state index contributed by atoms with van der Waals surface area (Å²) in [5.41, 5.74) is 1.71. The lowest BCUT2D eigenvalue weighted by Gasteiger charge is -2.21. The van der Waals surface area contributed by atoms with Crippen molar-refractivity contribution in [3.63, 3.8) is 0 Å². The maximum absolute atomic E-state index is 12.7. The summed E-state index contributed by atoms with van der Waals surface area (Å²) >= 11 is 5.88. The van der Waals surface area contributed by atoms with Crippen molar-refractivity contribution in [2.75, 3.05) is 11.4 Å². The fourth-order valence-corrected chi connectivity index (χ4v) is 3.46. The number of halogens is 1. The zero-order chi connectivity index (χ0) is 19.8. The Kier molecular flexibility index (Phi) is 4.65. The van der Waals surface area contributed by atoms with Crippen molar-refractivity contribution in [2.24, 2.45) is 0 Å². The third-order valence-electron chi connectivity index (χ3n) is 4.68. The molecular weight excluding hydrogens is 382 g/mol. The van der Waals surface area contributed by atoms with Crippen molar-refractivity contribution in [3.05, 3.63) is 75.1 Å². The number of rotatable bonds is 3. The molecule has 0 radical (unpaired) electrons. The van der Waals surface area contributed by atoms with E-state index in [1.807, 2.05) is 24.3 Å². The van der Waals surface area contributed by atoms with E-state index >= 15 is 0 Å². The van der Waals surface area contributed by atoms with Crippen molar-refractivity contribution in [1.82, 2.24) is 0 Å². The van der Waals surface area contributed by atoms with Gasteiger partial charge in [-0.15, -0.1) is 0 Å². The Balaban J connectivity index is 1.54. The molecule has 28 heavy (non-hydrogen) atoms. The van der Waals surface area contributed by atoms with Gasteiger partial charge < -0.3 is 14.1 Å². The van der Waals surface area contributed by atoms with E-state index in [-0.39, 0.29) is 22.6 Å². The van der Waals surface area contributed by atoms with Crippen LogP contribution in [-0.4, -0.2) is 24.5 Å². The fraction of sp³-hybridized carbons (Fsp3) is 0.190. The van der Waals surface area contributed by atoms with Crippen molar-refractivity contribution >= 4 is 40.1 Å². The Labute approximate surface area is 165 Å². The molecule has 1 aliphatic rings. The van der Waals surface area contributed by atoms with Crippen molar-refractivity contribution < 1.29 is 18.7 Å². The number of nitrogens with zero attached hydrogens (tertiary/aromatic N) is 1. The van der Waals surface area contributed by atoms with Gasteiger partial charge in [0.1, 0.15) is 5.58 Å². The van der Waals surface area contributed by atoms with Crippen LogP contribution in [0.4, 0.5) is 5.69 Å². The average molecular weight is 398 g/mol. The van der Waals surface area contributed by atoms with Crippen LogP contribution in [-0.2, 0) is 16.0 Å². The van der Waals surface area contributed by atoms with E-state index in [2.05, 4.69) is 0 Å². The predicted octanol–water partition coefficient (Wildman–Crippen LogP) is 3.58. The number of carbonyl (C=O) groups is 2. The summed E-state index contributed by atoms with van der Waals surface area (Å²) < 4.78 is 10.7. The largest absolute Gasteiger partial charge is 0.449 e. The smallest absolute Gasteiger partial charge is 0.375 e. The lowest BCUT2D eigenvalue weighted by Crippen LogP contribution is -2.39. The molecule has 1 atom stereocenters. The van der Waals surface area contributed by atoms with Gasteiger partial charge >= 0.3 is 5.97 Å². The predicted molar refractivity (Wildman–Crippen MR) is 105 cm³/mol. The first-order valence-electron chi connectivity index (χ1n) is 8.78. The molecule has 0 saturated carbocycles. The summed E-state index contributed by atoms with van der Waals surface area (Å²) in [5, 5.41) is 0.655. The molecule has 2 aromatic carbocycles. The van der Waals surface area contributed by atoms with Crippen LogP contribution in [0.3, 0.4) is 0 Å². The number of para-hydroxylation sites is 1. The maximum Gasteiger partial charge on any atom is 0.375 e.